The molecule has 0 radical (unpaired) electrons. The van der Waals surface area contributed by atoms with E-state index in [0.29, 0.717) is 6.42 Å². The Morgan fingerprint density at radius 3 is 2.45 bits per heavy atom. The molecule has 0 aromatic heterocycles. The van der Waals surface area contributed by atoms with E-state index in [1.165, 1.54) is 12.7 Å². The molecule has 1 heterocycles. The smallest absolute Gasteiger partial charge is 0.305 e. The Kier molecular flexibility index (Phi) is 14.3. The fourth-order valence-corrected chi connectivity index (χ4v) is 3.47. The van der Waals surface area contributed by atoms with Gasteiger partial charge in [0.2, 0.25) is 0 Å². The molecule has 8 nitrogen and oxygen atoms in total. The van der Waals surface area contributed by atoms with Crippen molar-refractivity contribution in [2.45, 2.75) is 31.7 Å². The first-order chi connectivity index (χ1) is 14.7. The Labute approximate surface area is 203 Å². The SMILES string of the molecule is CN=C(NCCCCCC(=O)OC)NCC(c1ccc(OC)cc1)N1CCOCC1.I. The first-order valence-electron chi connectivity index (χ1n) is 10.6. The van der Waals surface area contributed by atoms with Crippen LogP contribution in [0.4, 0.5) is 0 Å². The lowest BCUT2D eigenvalue weighted by atomic mass is 10.0. The third-order valence-electron chi connectivity index (χ3n) is 5.25. The molecule has 0 aliphatic carbocycles. The Morgan fingerprint density at radius 2 is 1.84 bits per heavy atom. The molecule has 2 N–H and O–H groups in total. The van der Waals surface area contributed by atoms with Crippen molar-refractivity contribution in [2.24, 2.45) is 4.99 Å². The van der Waals surface area contributed by atoms with Crippen molar-refractivity contribution in [2.75, 3.05) is 60.7 Å². The highest BCUT2D eigenvalue weighted by Crippen LogP contribution is 2.23. The van der Waals surface area contributed by atoms with Crippen LogP contribution in [0.15, 0.2) is 29.3 Å². The molecule has 0 saturated carbocycles. The number of guanidine groups is 1. The molecule has 0 bridgehead atoms. The Balaban J connectivity index is 0.00000480. The summed E-state index contributed by atoms with van der Waals surface area (Å²) in [4.78, 5) is 17.9. The van der Waals surface area contributed by atoms with Crippen molar-refractivity contribution in [3.8, 4) is 5.75 Å². The monoisotopic (exact) mass is 548 g/mol. The van der Waals surface area contributed by atoms with Crippen molar-refractivity contribution in [1.29, 1.82) is 0 Å². The number of rotatable bonds is 11. The molecule has 2 rings (SSSR count). The van der Waals surface area contributed by atoms with Gasteiger partial charge in [-0.25, -0.2) is 0 Å². The number of hydrogen-bond acceptors (Lipinski definition) is 6. The number of nitrogens with zero attached hydrogens (tertiary/aromatic N) is 2. The summed E-state index contributed by atoms with van der Waals surface area (Å²) in [6.07, 6.45) is 3.27. The van der Waals surface area contributed by atoms with Gasteiger partial charge in [0.05, 0.1) is 33.5 Å². The normalized spacial score (nSPS) is 15.5. The summed E-state index contributed by atoms with van der Waals surface area (Å²) in [5, 5.41) is 6.82. The van der Waals surface area contributed by atoms with Gasteiger partial charge in [-0.05, 0) is 30.5 Å². The van der Waals surface area contributed by atoms with E-state index in [-0.39, 0.29) is 36.0 Å². The standard InChI is InChI=1S/C22H36N4O4.HI/c1-23-22(24-12-6-4-5-7-21(27)29-3)25-17-20(26-13-15-30-16-14-26)18-8-10-19(28-2)11-9-18;/h8-11,20H,4-7,12-17H2,1-3H3,(H2,23,24,25);1H. The van der Waals surface area contributed by atoms with Gasteiger partial charge in [-0.2, -0.15) is 0 Å². The summed E-state index contributed by atoms with van der Waals surface area (Å²) >= 11 is 0. The molecule has 1 fully saturated rings. The Hall–Kier alpha value is -1.59. The Morgan fingerprint density at radius 1 is 1.13 bits per heavy atom. The summed E-state index contributed by atoms with van der Waals surface area (Å²) in [7, 11) is 4.89. The van der Waals surface area contributed by atoms with Crippen LogP contribution in [0.2, 0.25) is 0 Å². The molecule has 0 amide bonds. The number of benzene rings is 1. The lowest BCUT2D eigenvalue weighted by molar-refractivity contribution is -0.140. The van der Waals surface area contributed by atoms with Crippen molar-refractivity contribution in [3.63, 3.8) is 0 Å². The zero-order chi connectivity index (χ0) is 21.6. The van der Waals surface area contributed by atoms with E-state index in [1.54, 1.807) is 14.2 Å². The molecular weight excluding hydrogens is 511 g/mol. The highest BCUT2D eigenvalue weighted by atomic mass is 127. The van der Waals surface area contributed by atoms with Gasteiger partial charge in [0.25, 0.3) is 0 Å². The lowest BCUT2D eigenvalue weighted by Crippen LogP contribution is -2.46. The number of ether oxygens (including phenoxy) is 3. The van der Waals surface area contributed by atoms with Crippen LogP contribution in [0.1, 0.15) is 37.3 Å². The fraction of sp³-hybridized carbons (Fsp3) is 0.636. The van der Waals surface area contributed by atoms with Crippen molar-refractivity contribution in [1.82, 2.24) is 15.5 Å². The average Bonchev–Trinajstić information content (AvgIpc) is 2.80. The zero-order valence-corrected chi connectivity index (χ0v) is 21.2. The summed E-state index contributed by atoms with van der Waals surface area (Å²) in [6.45, 7) is 4.88. The number of aliphatic imine (C=N–C) groups is 1. The maximum atomic E-state index is 11.1. The largest absolute Gasteiger partial charge is 0.497 e. The molecule has 176 valence electrons. The molecule has 1 aromatic carbocycles. The van der Waals surface area contributed by atoms with Crippen molar-refractivity contribution in [3.05, 3.63) is 29.8 Å². The van der Waals surface area contributed by atoms with Gasteiger partial charge in [0, 0.05) is 39.6 Å². The molecular formula is C22H37IN4O4. The van der Waals surface area contributed by atoms with Crippen molar-refractivity contribution < 1.29 is 19.0 Å². The molecule has 1 unspecified atom stereocenters. The first-order valence-corrected chi connectivity index (χ1v) is 10.6. The van der Waals surface area contributed by atoms with Crippen LogP contribution in [0, 0.1) is 0 Å². The number of morpholine rings is 1. The zero-order valence-electron chi connectivity index (χ0n) is 18.9. The van der Waals surface area contributed by atoms with E-state index in [4.69, 9.17) is 9.47 Å². The van der Waals surface area contributed by atoms with Gasteiger partial charge in [0.1, 0.15) is 5.75 Å². The minimum absolute atomic E-state index is 0. The topological polar surface area (TPSA) is 84.4 Å². The van der Waals surface area contributed by atoms with Crippen LogP contribution < -0.4 is 15.4 Å². The third-order valence-corrected chi connectivity index (χ3v) is 5.25. The van der Waals surface area contributed by atoms with Crippen LogP contribution in [0.5, 0.6) is 5.75 Å². The van der Waals surface area contributed by atoms with E-state index in [9.17, 15) is 4.79 Å². The number of unbranched alkanes of at least 4 members (excludes halogenated alkanes) is 2. The van der Waals surface area contributed by atoms with Crippen molar-refractivity contribution >= 4 is 35.9 Å². The van der Waals surface area contributed by atoms with E-state index < -0.39 is 0 Å². The molecule has 1 aliphatic heterocycles. The van der Waals surface area contributed by atoms with Gasteiger partial charge < -0.3 is 24.8 Å². The van der Waals surface area contributed by atoms with Gasteiger partial charge in [-0.3, -0.25) is 14.7 Å². The van der Waals surface area contributed by atoms with E-state index in [1.807, 2.05) is 12.1 Å². The second-order valence-corrected chi connectivity index (χ2v) is 7.20. The van der Waals surface area contributed by atoms with Gasteiger partial charge >= 0.3 is 5.97 Å². The molecule has 1 aliphatic rings. The summed E-state index contributed by atoms with van der Waals surface area (Å²) in [5.41, 5.74) is 1.24. The minimum Gasteiger partial charge on any atom is -0.497 e. The van der Waals surface area contributed by atoms with Gasteiger partial charge in [0.15, 0.2) is 5.96 Å². The highest BCUT2D eigenvalue weighted by molar-refractivity contribution is 14.0. The number of nitrogens with one attached hydrogen (secondary N) is 2. The Bertz CT molecular complexity index is 651. The number of halogens is 1. The molecule has 31 heavy (non-hydrogen) atoms. The highest BCUT2D eigenvalue weighted by Gasteiger charge is 2.23. The summed E-state index contributed by atoms with van der Waals surface area (Å²) in [5.74, 6) is 1.50. The number of methoxy groups -OCH3 is 2. The lowest BCUT2D eigenvalue weighted by Gasteiger charge is -2.35. The second-order valence-electron chi connectivity index (χ2n) is 7.20. The molecule has 0 spiro atoms. The fourth-order valence-electron chi connectivity index (χ4n) is 3.47. The molecule has 1 aromatic rings. The van der Waals surface area contributed by atoms with E-state index in [0.717, 1.165) is 70.4 Å². The van der Waals surface area contributed by atoms with Gasteiger partial charge in [-0.1, -0.05) is 18.6 Å². The van der Waals surface area contributed by atoms with Crippen LogP contribution in [0.3, 0.4) is 0 Å². The van der Waals surface area contributed by atoms with Crippen LogP contribution in [-0.4, -0.2) is 77.5 Å². The third kappa shape index (κ3) is 10.0. The summed E-state index contributed by atoms with van der Waals surface area (Å²) in [6, 6.07) is 8.48. The van der Waals surface area contributed by atoms with E-state index >= 15 is 0 Å². The van der Waals surface area contributed by atoms with Crippen LogP contribution in [-0.2, 0) is 14.3 Å². The second kappa shape index (κ2) is 16.1. The predicted molar refractivity (Wildman–Crippen MR) is 133 cm³/mol. The van der Waals surface area contributed by atoms with Gasteiger partial charge in [-0.15, -0.1) is 24.0 Å². The van der Waals surface area contributed by atoms with Crippen LogP contribution >= 0.6 is 24.0 Å². The molecule has 1 saturated heterocycles. The maximum absolute atomic E-state index is 11.1. The number of carbonyl (C=O) groups is 1. The first kappa shape index (κ1) is 27.4. The number of hydrogen-bond donors (Lipinski definition) is 2. The molecule has 9 heteroatoms. The number of esters is 1. The average molecular weight is 548 g/mol. The maximum Gasteiger partial charge on any atom is 0.305 e. The predicted octanol–water partition coefficient (Wildman–Crippen LogP) is 2.58. The van der Waals surface area contributed by atoms with Crippen LogP contribution in [0.25, 0.3) is 0 Å². The van der Waals surface area contributed by atoms with E-state index in [2.05, 4.69) is 37.4 Å². The molecule has 1 atom stereocenters. The number of carbonyl (C=O) groups excluding carboxylic acids is 1. The quantitative estimate of drug-likeness (QED) is 0.145. The minimum atomic E-state index is -0.145. The summed E-state index contributed by atoms with van der Waals surface area (Å²) < 4.78 is 15.5.